The number of hydrogen-bond acceptors (Lipinski definition) is 7. The molecule has 3 aromatic rings. The Kier molecular flexibility index (Phi) is 9.78. The van der Waals surface area contributed by atoms with E-state index >= 15 is 0 Å². The minimum Gasteiger partial charge on any atom is -0.543 e. The van der Waals surface area contributed by atoms with E-state index in [1.807, 2.05) is 18.2 Å². The predicted octanol–water partition coefficient (Wildman–Crippen LogP) is 5.48. The first-order chi connectivity index (χ1) is 19.5. The average molecular weight is 577 g/mol. The summed E-state index contributed by atoms with van der Waals surface area (Å²) in [5.74, 6) is 0.644. The molecule has 0 bridgehead atoms. The number of benzene rings is 2. The lowest BCUT2D eigenvalue weighted by atomic mass is 9.95. The monoisotopic (exact) mass is 576 g/mol. The molecule has 0 unspecified atom stereocenters. The summed E-state index contributed by atoms with van der Waals surface area (Å²) in [6, 6.07) is 17.1. The van der Waals surface area contributed by atoms with Gasteiger partial charge in [0.2, 0.25) is 14.1 Å². The van der Waals surface area contributed by atoms with Crippen LogP contribution in [0.3, 0.4) is 0 Å². The predicted molar refractivity (Wildman–Crippen MR) is 164 cm³/mol. The summed E-state index contributed by atoms with van der Waals surface area (Å²) >= 11 is 0. The lowest BCUT2D eigenvalue weighted by Gasteiger charge is -2.40. The van der Waals surface area contributed by atoms with E-state index in [4.69, 9.17) is 9.53 Å². The van der Waals surface area contributed by atoms with E-state index < -0.39 is 14.3 Å². The van der Waals surface area contributed by atoms with Gasteiger partial charge in [-0.1, -0.05) is 63.2 Å². The van der Waals surface area contributed by atoms with Crippen LogP contribution in [0.5, 0.6) is 5.75 Å². The first-order valence-corrected chi connectivity index (χ1v) is 17.3. The third kappa shape index (κ3) is 7.90. The number of nitrogens with zero attached hydrogens (tertiary/aromatic N) is 6. The van der Waals surface area contributed by atoms with Crippen LogP contribution in [0.2, 0.25) is 18.1 Å². The highest BCUT2D eigenvalue weighted by atomic mass is 28.4. The van der Waals surface area contributed by atoms with Gasteiger partial charge in [-0.15, -0.1) is 16.8 Å². The number of aliphatic carboxylic acids is 1. The van der Waals surface area contributed by atoms with Crippen molar-refractivity contribution >= 4 is 14.3 Å². The fourth-order valence-corrected chi connectivity index (χ4v) is 5.86. The van der Waals surface area contributed by atoms with Crippen LogP contribution in [-0.4, -0.2) is 82.1 Å². The molecule has 0 aliphatic carbocycles. The second kappa shape index (κ2) is 13.1. The van der Waals surface area contributed by atoms with Crippen LogP contribution >= 0.6 is 0 Å². The Morgan fingerprint density at radius 2 is 1.80 bits per heavy atom. The molecule has 2 aromatic carbocycles. The summed E-state index contributed by atoms with van der Waals surface area (Å²) in [7, 11) is -1.98. The van der Waals surface area contributed by atoms with Crippen molar-refractivity contribution in [1.29, 1.82) is 0 Å². The molecule has 4 rings (SSSR count). The van der Waals surface area contributed by atoms with E-state index in [1.165, 1.54) is 15.9 Å². The summed E-state index contributed by atoms with van der Waals surface area (Å²) in [5.41, 5.74) is 3.29. The summed E-state index contributed by atoms with van der Waals surface area (Å²) in [5, 5.41) is 21.7. The van der Waals surface area contributed by atoms with Crippen molar-refractivity contribution < 1.29 is 14.3 Å². The van der Waals surface area contributed by atoms with E-state index in [9.17, 15) is 4.79 Å². The number of piperazine rings is 1. The highest BCUT2D eigenvalue weighted by Gasteiger charge is 2.39. The van der Waals surface area contributed by atoms with Crippen molar-refractivity contribution in [1.82, 2.24) is 30.0 Å². The maximum atomic E-state index is 10.8. The first-order valence-electron chi connectivity index (χ1n) is 14.4. The zero-order valence-corrected chi connectivity index (χ0v) is 26.1. The van der Waals surface area contributed by atoms with Gasteiger partial charge in [0.1, 0.15) is 5.75 Å². The maximum Gasteiger partial charge on any atom is 0.303 e. The molecule has 220 valence electrons. The molecular formula is C31H44N6O3Si. The van der Waals surface area contributed by atoms with Gasteiger partial charge in [0.15, 0.2) is 0 Å². The van der Waals surface area contributed by atoms with Gasteiger partial charge in [0.05, 0.1) is 12.6 Å². The second-order valence-corrected chi connectivity index (χ2v) is 17.0. The molecule has 10 heteroatoms. The average Bonchev–Trinajstić information content (AvgIpc) is 3.38. The van der Waals surface area contributed by atoms with Crippen molar-refractivity contribution in [2.75, 3.05) is 32.7 Å². The minimum absolute atomic E-state index is 0.0803. The molecule has 0 spiro atoms. The maximum absolute atomic E-state index is 10.8. The minimum atomic E-state index is -1.98. The van der Waals surface area contributed by atoms with Crippen LogP contribution in [0.4, 0.5) is 0 Å². The number of aryl methyl sites for hydroxylation is 1. The topological polar surface area (TPSA) is 96.6 Å². The highest BCUT2D eigenvalue weighted by Crippen LogP contribution is 2.39. The third-order valence-electron chi connectivity index (χ3n) is 8.20. The van der Waals surface area contributed by atoms with E-state index in [0.29, 0.717) is 18.8 Å². The fourth-order valence-electron chi connectivity index (χ4n) is 4.84. The molecule has 1 aliphatic heterocycles. The normalized spacial score (nSPS) is 15.9. The Morgan fingerprint density at radius 1 is 1.10 bits per heavy atom. The van der Waals surface area contributed by atoms with Crippen LogP contribution in [0.25, 0.3) is 11.4 Å². The van der Waals surface area contributed by atoms with Crippen molar-refractivity contribution in [3.63, 3.8) is 0 Å². The van der Waals surface area contributed by atoms with Crippen LogP contribution in [0, 0.1) is 0 Å². The number of hydrogen-bond donors (Lipinski definition) is 1. The Morgan fingerprint density at radius 3 is 2.44 bits per heavy atom. The van der Waals surface area contributed by atoms with E-state index in [-0.39, 0.29) is 17.5 Å². The van der Waals surface area contributed by atoms with Gasteiger partial charge >= 0.3 is 5.97 Å². The Hall–Kier alpha value is -3.34. The number of carbonyl (C=O) groups is 1. The second-order valence-electron chi connectivity index (χ2n) is 12.3. The summed E-state index contributed by atoms with van der Waals surface area (Å²) in [4.78, 5) is 17.3. The molecule has 1 N–H and O–H groups in total. The van der Waals surface area contributed by atoms with E-state index in [2.05, 4.69) is 102 Å². The van der Waals surface area contributed by atoms with Gasteiger partial charge in [-0.2, -0.15) is 4.80 Å². The molecule has 0 radical (unpaired) electrons. The number of aromatic nitrogens is 4. The molecule has 0 amide bonds. The standard InChI is InChI=1S/C31H44N6O3Si/c1-7-17-35-19-21-36(22-20-35)29(26-10-8-11-27(23-26)40-41(5,6)31(2,3)4)24-13-15-25(16-14-24)30-32-34-37(33-30)18-9-12-28(38)39/h7-8,10-11,13-16,23,29H,1,9,12,17-22H2,2-6H3,(H,38,39)/t29-/m1/s1. The molecule has 9 nitrogen and oxygen atoms in total. The van der Waals surface area contributed by atoms with Crippen LogP contribution in [0.1, 0.15) is 50.8 Å². The van der Waals surface area contributed by atoms with Gasteiger partial charge in [-0.05, 0) is 53.0 Å². The van der Waals surface area contributed by atoms with Gasteiger partial charge in [-0.25, -0.2) is 0 Å². The van der Waals surface area contributed by atoms with Crippen molar-refractivity contribution in [3.8, 4) is 17.1 Å². The largest absolute Gasteiger partial charge is 0.543 e. The SMILES string of the molecule is C=CCN1CCN([C@H](c2ccc(-c3nnn(CCCC(=O)O)n3)cc2)c2cccc(O[Si](C)(C)C(C)(C)C)c2)CC1. The van der Waals surface area contributed by atoms with Crippen molar-refractivity contribution in [3.05, 3.63) is 72.3 Å². The summed E-state index contributed by atoms with van der Waals surface area (Å²) in [6.07, 6.45) is 2.52. The molecule has 1 aliphatic rings. The third-order valence-corrected chi connectivity index (χ3v) is 12.6. The molecule has 1 aromatic heterocycles. The Balaban J connectivity index is 1.59. The van der Waals surface area contributed by atoms with E-state index in [1.54, 1.807) is 0 Å². The highest BCUT2D eigenvalue weighted by molar-refractivity contribution is 6.74. The number of carboxylic acid groups (broad SMARTS) is 1. The van der Waals surface area contributed by atoms with E-state index in [0.717, 1.165) is 44.0 Å². The molecule has 0 saturated carbocycles. The van der Waals surface area contributed by atoms with Gasteiger partial charge in [0.25, 0.3) is 0 Å². The smallest absolute Gasteiger partial charge is 0.303 e. The van der Waals surface area contributed by atoms with Crippen molar-refractivity contribution in [2.45, 2.75) is 64.3 Å². The van der Waals surface area contributed by atoms with Crippen LogP contribution in [-0.2, 0) is 11.3 Å². The fraction of sp³-hybridized carbons (Fsp3) is 0.484. The first kappa shape index (κ1) is 30.6. The molecule has 2 heterocycles. The van der Waals surface area contributed by atoms with Gasteiger partial charge in [-0.3, -0.25) is 14.6 Å². The summed E-state index contributed by atoms with van der Waals surface area (Å²) < 4.78 is 6.69. The van der Waals surface area contributed by atoms with Gasteiger partial charge < -0.3 is 9.53 Å². The lowest BCUT2D eigenvalue weighted by Crippen LogP contribution is -2.47. The molecular weight excluding hydrogens is 532 g/mol. The molecule has 41 heavy (non-hydrogen) atoms. The summed E-state index contributed by atoms with van der Waals surface area (Å²) in [6.45, 7) is 20.5. The molecule has 1 fully saturated rings. The molecule has 1 atom stereocenters. The van der Waals surface area contributed by atoms with Crippen molar-refractivity contribution in [2.24, 2.45) is 0 Å². The molecule has 1 saturated heterocycles. The number of tetrazole rings is 1. The zero-order chi connectivity index (χ0) is 29.6. The quantitative estimate of drug-likeness (QED) is 0.224. The number of carboxylic acids is 1. The zero-order valence-electron chi connectivity index (χ0n) is 25.1. The lowest BCUT2D eigenvalue weighted by molar-refractivity contribution is -0.137. The van der Waals surface area contributed by atoms with Crippen LogP contribution in [0.15, 0.2) is 61.2 Å². The van der Waals surface area contributed by atoms with Gasteiger partial charge in [0, 0.05) is 44.7 Å². The van der Waals surface area contributed by atoms with Crippen LogP contribution < -0.4 is 4.43 Å². The Bertz CT molecular complexity index is 1310. The number of rotatable bonds is 12. The Labute approximate surface area is 244 Å².